The summed E-state index contributed by atoms with van der Waals surface area (Å²) < 4.78 is 0. The summed E-state index contributed by atoms with van der Waals surface area (Å²) >= 11 is 1.52. The third-order valence-electron chi connectivity index (χ3n) is 3.58. The third kappa shape index (κ3) is 2.70. The quantitative estimate of drug-likeness (QED) is 0.644. The Bertz CT molecular complexity index is 413. The van der Waals surface area contributed by atoms with Crippen molar-refractivity contribution in [3.63, 3.8) is 0 Å². The molecule has 1 aliphatic rings. The van der Waals surface area contributed by atoms with Crippen LogP contribution in [-0.2, 0) is 0 Å². The third-order valence-corrected chi connectivity index (χ3v) is 4.13. The molecule has 6 heteroatoms. The molecule has 1 fully saturated rings. The monoisotopic (exact) mass is 267 g/mol. The minimum absolute atomic E-state index is 0.516. The molecule has 1 saturated heterocycles. The number of thioether (sulfide) groups is 1. The number of rotatable bonds is 2. The van der Waals surface area contributed by atoms with Gasteiger partial charge in [-0.3, -0.25) is 4.90 Å². The Morgan fingerprint density at radius 3 is 2.44 bits per heavy atom. The molecule has 2 rings (SSSR count). The Labute approximate surface area is 113 Å². The van der Waals surface area contributed by atoms with Crippen molar-refractivity contribution in [1.82, 2.24) is 14.9 Å². The second kappa shape index (κ2) is 5.32. The molecule has 18 heavy (non-hydrogen) atoms. The molecule has 2 atom stereocenters. The Hall–Kier alpha value is -1.01. The van der Waals surface area contributed by atoms with Crippen molar-refractivity contribution in [2.45, 2.75) is 31.1 Å². The minimum atomic E-state index is 0.516. The molecule has 0 aliphatic carbocycles. The maximum absolute atomic E-state index is 5.84. The van der Waals surface area contributed by atoms with E-state index in [0.717, 1.165) is 24.1 Å². The van der Waals surface area contributed by atoms with Crippen LogP contribution >= 0.6 is 11.8 Å². The van der Waals surface area contributed by atoms with Gasteiger partial charge in [-0.25, -0.2) is 9.97 Å². The average Bonchev–Trinajstić information content (AvgIpc) is 2.34. The molecule has 2 heterocycles. The number of nitrogens with two attached hydrogens (primary N) is 1. The number of piperazine rings is 1. The summed E-state index contributed by atoms with van der Waals surface area (Å²) in [5.41, 5.74) is 5.84. The van der Waals surface area contributed by atoms with Gasteiger partial charge in [-0.05, 0) is 27.2 Å². The van der Waals surface area contributed by atoms with Crippen LogP contribution in [0.3, 0.4) is 0 Å². The van der Waals surface area contributed by atoms with Gasteiger partial charge >= 0.3 is 0 Å². The van der Waals surface area contributed by atoms with E-state index in [9.17, 15) is 0 Å². The Kier molecular flexibility index (Phi) is 3.97. The van der Waals surface area contributed by atoms with Crippen LogP contribution in [-0.4, -0.2) is 53.3 Å². The highest BCUT2D eigenvalue weighted by atomic mass is 32.2. The molecular formula is C12H21N5S. The van der Waals surface area contributed by atoms with Crippen molar-refractivity contribution in [3.05, 3.63) is 6.07 Å². The van der Waals surface area contributed by atoms with Crippen LogP contribution < -0.4 is 10.6 Å². The number of hydrogen-bond donors (Lipinski definition) is 1. The van der Waals surface area contributed by atoms with Crippen LogP contribution in [0.15, 0.2) is 11.2 Å². The Morgan fingerprint density at radius 2 is 1.89 bits per heavy atom. The summed E-state index contributed by atoms with van der Waals surface area (Å²) in [6.45, 7) is 6.43. The molecule has 5 nitrogen and oxygen atoms in total. The van der Waals surface area contributed by atoms with E-state index < -0.39 is 0 Å². The van der Waals surface area contributed by atoms with E-state index in [1.807, 2.05) is 12.3 Å². The maximum Gasteiger partial charge on any atom is 0.191 e. The van der Waals surface area contributed by atoms with E-state index in [0.29, 0.717) is 17.9 Å². The van der Waals surface area contributed by atoms with Crippen molar-refractivity contribution in [2.24, 2.45) is 0 Å². The average molecular weight is 267 g/mol. The molecule has 100 valence electrons. The molecule has 0 spiro atoms. The number of aromatic nitrogens is 2. The normalized spacial score (nSPS) is 25.4. The number of nitrogen functional groups attached to an aromatic ring is 1. The van der Waals surface area contributed by atoms with E-state index in [4.69, 9.17) is 5.73 Å². The zero-order valence-corrected chi connectivity index (χ0v) is 12.2. The lowest BCUT2D eigenvalue weighted by Gasteiger charge is -2.43. The SMILES string of the molecule is CSc1nc(N)cc(N2CC(C)N(C)C(C)C2)n1. The van der Waals surface area contributed by atoms with Crippen molar-refractivity contribution in [1.29, 1.82) is 0 Å². The summed E-state index contributed by atoms with van der Waals surface area (Å²) in [5, 5.41) is 0.740. The van der Waals surface area contributed by atoms with Crippen molar-refractivity contribution < 1.29 is 0 Å². The largest absolute Gasteiger partial charge is 0.383 e. The van der Waals surface area contributed by atoms with Gasteiger partial charge in [0.25, 0.3) is 0 Å². The fourth-order valence-corrected chi connectivity index (χ4v) is 2.66. The van der Waals surface area contributed by atoms with Gasteiger partial charge in [0.15, 0.2) is 5.16 Å². The molecule has 0 aromatic carbocycles. The Balaban J connectivity index is 2.23. The predicted molar refractivity (Wildman–Crippen MR) is 77.1 cm³/mol. The summed E-state index contributed by atoms with van der Waals surface area (Å²) in [6, 6.07) is 2.90. The summed E-state index contributed by atoms with van der Waals surface area (Å²) in [7, 11) is 2.17. The second-order valence-corrected chi connectivity index (χ2v) is 5.68. The van der Waals surface area contributed by atoms with Crippen LogP contribution in [0.1, 0.15) is 13.8 Å². The first-order chi connectivity index (χ1) is 8.51. The Morgan fingerprint density at radius 1 is 1.28 bits per heavy atom. The molecule has 1 aromatic rings. The van der Waals surface area contributed by atoms with Gasteiger partial charge in [-0.15, -0.1) is 0 Å². The van der Waals surface area contributed by atoms with Gasteiger partial charge in [0.05, 0.1) is 0 Å². The highest BCUT2D eigenvalue weighted by Crippen LogP contribution is 2.23. The molecule has 1 aliphatic heterocycles. The summed E-state index contributed by atoms with van der Waals surface area (Å²) in [5.74, 6) is 1.49. The zero-order chi connectivity index (χ0) is 13.3. The van der Waals surface area contributed by atoms with Crippen molar-refractivity contribution in [2.75, 3.05) is 37.0 Å². The van der Waals surface area contributed by atoms with Gasteiger partial charge in [0, 0.05) is 31.2 Å². The fraction of sp³-hybridized carbons (Fsp3) is 0.667. The van der Waals surface area contributed by atoms with Crippen molar-refractivity contribution >= 4 is 23.4 Å². The van der Waals surface area contributed by atoms with E-state index >= 15 is 0 Å². The highest BCUT2D eigenvalue weighted by Gasteiger charge is 2.27. The second-order valence-electron chi connectivity index (χ2n) is 4.91. The molecule has 2 N–H and O–H groups in total. The van der Waals surface area contributed by atoms with Crippen LogP contribution in [0.25, 0.3) is 0 Å². The first kappa shape index (κ1) is 13.4. The molecule has 0 bridgehead atoms. The van der Waals surface area contributed by atoms with Crippen LogP contribution in [0.4, 0.5) is 11.6 Å². The number of hydrogen-bond acceptors (Lipinski definition) is 6. The topological polar surface area (TPSA) is 58.3 Å². The smallest absolute Gasteiger partial charge is 0.191 e. The number of likely N-dealkylation sites (N-methyl/N-ethyl adjacent to an activating group) is 1. The summed E-state index contributed by atoms with van der Waals surface area (Å²) in [4.78, 5) is 13.4. The van der Waals surface area contributed by atoms with Gasteiger partial charge in [0.2, 0.25) is 0 Å². The first-order valence-corrected chi connectivity index (χ1v) is 7.39. The van der Waals surface area contributed by atoms with E-state index in [1.54, 1.807) is 0 Å². The van der Waals surface area contributed by atoms with Crippen LogP contribution in [0.2, 0.25) is 0 Å². The van der Waals surface area contributed by atoms with Crippen LogP contribution in [0.5, 0.6) is 0 Å². The van der Waals surface area contributed by atoms with E-state index in [2.05, 4.69) is 40.7 Å². The lowest BCUT2D eigenvalue weighted by atomic mass is 10.1. The van der Waals surface area contributed by atoms with E-state index in [-0.39, 0.29) is 0 Å². The van der Waals surface area contributed by atoms with Gasteiger partial charge in [-0.1, -0.05) is 11.8 Å². The number of nitrogens with zero attached hydrogens (tertiary/aromatic N) is 4. The predicted octanol–water partition coefficient (Wildman–Crippen LogP) is 1.31. The summed E-state index contributed by atoms with van der Waals surface area (Å²) in [6.07, 6.45) is 1.97. The molecule has 2 unspecified atom stereocenters. The maximum atomic E-state index is 5.84. The van der Waals surface area contributed by atoms with Crippen LogP contribution in [0, 0.1) is 0 Å². The molecule has 0 saturated carbocycles. The fourth-order valence-electron chi connectivity index (χ4n) is 2.28. The first-order valence-electron chi connectivity index (χ1n) is 6.16. The zero-order valence-electron chi connectivity index (χ0n) is 11.4. The number of anilines is 2. The van der Waals surface area contributed by atoms with E-state index in [1.165, 1.54) is 11.8 Å². The minimum Gasteiger partial charge on any atom is -0.383 e. The lowest BCUT2D eigenvalue weighted by molar-refractivity contribution is 0.169. The van der Waals surface area contributed by atoms with Crippen molar-refractivity contribution in [3.8, 4) is 0 Å². The molecular weight excluding hydrogens is 246 g/mol. The molecule has 1 aromatic heterocycles. The standard InChI is InChI=1S/C12H21N5S/c1-8-6-17(7-9(2)16(8)3)11-5-10(13)14-12(15-11)18-4/h5,8-9H,6-7H2,1-4H3,(H2,13,14,15). The van der Waals surface area contributed by atoms with Gasteiger partial charge in [0.1, 0.15) is 11.6 Å². The molecule has 0 radical (unpaired) electrons. The van der Waals surface area contributed by atoms with Gasteiger partial charge < -0.3 is 10.6 Å². The molecule has 0 amide bonds. The highest BCUT2D eigenvalue weighted by molar-refractivity contribution is 7.98. The lowest BCUT2D eigenvalue weighted by Crippen LogP contribution is -2.55. The van der Waals surface area contributed by atoms with Gasteiger partial charge in [-0.2, -0.15) is 0 Å².